The highest BCUT2D eigenvalue weighted by Gasteiger charge is 2.18. The summed E-state index contributed by atoms with van der Waals surface area (Å²) in [7, 11) is 0. The lowest BCUT2D eigenvalue weighted by molar-refractivity contribution is -0.139. The van der Waals surface area contributed by atoms with Crippen molar-refractivity contribution >= 4 is 5.97 Å². The van der Waals surface area contributed by atoms with Crippen molar-refractivity contribution in [1.82, 2.24) is 5.32 Å². The van der Waals surface area contributed by atoms with Gasteiger partial charge in [-0.25, -0.2) is 0 Å². The number of aliphatic carboxylic acids is 1. The van der Waals surface area contributed by atoms with Crippen LogP contribution in [0.5, 0.6) is 5.75 Å². The zero-order chi connectivity index (χ0) is 14.8. The Bertz CT molecular complexity index is 393. The first-order valence-corrected chi connectivity index (χ1v) is 6.56. The first-order chi connectivity index (χ1) is 9.69. The van der Waals surface area contributed by atoms with Crippen LogP contribution in [0.2, 0.25) is 0 Å². The molecule has 0 bridgehead atoms. The molecule has 0 aliphatic heterocycles. The van der Waals surface area contributed by atoms with Crippen molar-refractivity contribution in [2.45, 2.75) is 13.0 Å². The average Bonchev–Trinajstić information content (AvgIpc) is 2.44. The maximum atomic E-state index is 11.3. The van der Waals surface area contributed by atoms with Crippen LogP contribution in [0.15, 0.2) is 24.3 Å². The number of hydrogen-bond acceptors (Lipinski definition) is 5. The first kappa shape index (κ1) is 16.4. The van der Waals surface area contributed by atoms with E-state index in [2.05, 4.69) is 5.32 Å². The zero-order valence-corrected chi connectivity index (χ0v) is 11.5. The van der Waals surface area contributed by atoms with E-state index in [4.69, 9.17) is 14.6 Å². The third-order valence-electron chi connectivity index (χ3n) is 2.60. The summed E-state index contributed by atoms with van der Waals surface area (Å²) in [6.07, 6.45) is 0. The first-order valence-electron chi connectivity index (χ1n) is 6.56. The molecule has 0 spiro atoms. The summed E-state index contributed by atoms with van der Waals surface area (Å²) in [4.78, 5) is 11.3. The molecule has 1 unspecified atom stereocenters. The Kier molecular flexibility index (Phi) is 7.64. The Balaban J connectivity index is 2.54. The number of nitrogens with one attached hydrogen (secondary N) is 1. The van der Waals surface area contributed by atoms with Crippen LogP contribution in [0.4, 0.5) is 0 Å². The van der Waals surface area contributed by atoms with Gasteiger partial charge in [0.25, 0.3) is 0 Å². The fraction of sp³-hybridized carbons (Fsp3) is 0.500. The fourth-order valence-corrected chi connectivity index (χ4v) is 1.71. The Morgan fingerprint density at radius 3 is 2.55 bits per heavy atom. The van der Waals surface area contributed by atoms with Crippen LogP contribution in [0.3, 0.4) is 0 Å². The minimum Gasteiger partial charge on any atom is -0.494 e. The summed E-state index contributed by atoms with van der Waals surface area (Å²) in [5.74, 6) is -0.233. The van der Waals surface area contributed by atoms with Crippen molar-refractivity contribution in [1.29, 1.82) is 0 Å². The number of aliphatic hydroxyl groups is 1. The van der Waals surface area contributed by atoms with E-state index in [9.17, 15) is 9.90 Å². The average molecular weight is 283 g/mol. The van der Waals surface area contributed by atoms with Gasteiger partial charge in [-0.2, -0.15) is 0 Å². The summed E-state index contributed by atoms with van der Waals surface area (Å²) in [5.41, 5.74) is 0.656. The van der Waals surface area contributed by atoms with Gasteiger partial charge in [-0.15, -0.1) is 0 Å². The van der Waals surface area contributed by atoms with Gasteiger partial charge in [0.1, 0.15) is 11.8 Å². The van der Waals surface area contributed by atoms with Gasteiger partial charge in [-0.1, -0.05) is 12.1 Å². The van der Waals surface area contributed by atoms with E-state index >= 15 is 0 Å². The van der Waals surface area contributed by atoms with E-state index in [0.717, 1.165) is 0 Å². The van der Waals surface area contributed by atoms with Gasteiger partial charge in [-0.3, -0.25) is 10.1 Å². The quantitative estimate of drug-likeness (QED) is 0.551. The Labute approximate surface area is 118 Å². The molecule has 1 rings (SSSR count). The van der Waals surface area contributed by atoms with Gasteiger partial charge in [0, 0.05) is 6.54 Å². The van der Waals surface area contributed by atoms with E-state index in [-0.39, 0.29) is 13.2 Å². The summed E-state index contributed by atoms with van der Waals surface area (Å²) in [6, 6.07) is 6.16. The molecule has 6 heteroatoms. The molecule has 112 valence electrons. The second-order valence-electron chi connectivity index (χ2n) is 4.06. The summed E-state index contributed by atoms with van der Waals surface area (Å²) < 4.78 is 10.4. The van der Waals surface area contributed by atoms with E-state index in [0.29, 0.717) is 31.1 Å². The highest BCUT2D eigenvalue weighted by Crippen LogP contribution is 2.18. The number of carboxylic acids is 1. The van der Waals surface area contributed by atoms with Crippen molar-refractivity contribution in [2.24, 2.45) is 0 Å². The van der Waals surface area contributed by atoms with Crippen LogP contribution in [-0.4, -0.2) is 49.2 Å². The zero-order valence-electron chi connectivity index (χ0n) is 11.5. The second kappa shape index (κ2) is 9.30. The Hall–Kier alpha value is -1.63. The number of carboxylic acid groups (broad SMARTS) is 1. The number of rotatable bonds is 10. The number of benzene rings is 1. The minimum atomic E-state index is -0.948. The third kappa shape index (κ3) is 5.56. The molecule has 0 saturated carbocycles. The Morgan fingerprint density at radius 2 is 2.00 bits per heavy atom. The van der Waals surface area contributed by atoms with Crippen molar-refractivity contribution in [3.63, 3.8) is 0 Å². The molecule has 0 saturated heterocycles. The van der Waals surface area contributed by atoms with Gasteiger partial charge in [0.15, 0.2) is 0 Å². The van der Waals surface area contributed by atoms with Crippen LogP contribution >= 0.6 is 0 Å². The smallest absolute Gasteiger partial charge is 0.325 e. The molecular weight excluding hydrogens is 262 g/mol. The molecule has 20 heavy (non-hydrogen) atoms. The molecule has 0 aliphatic carbocycles. The topological polar surface area (TPSA) is 88.0 Å². The summed E-state index contributed by atoms with van der Waals surface area (Å²) in [6.45, 7) is 3.42. The lowest BCUT2D eigenvalue weighted by Crippen LogP contribution is -2.31. The SMILES string of the molecule is CCOc1ccc(C(NCCOCCO)C(=O)O)cc1. The van der Waals surface area contributed by atoms with E-state index in [1.165, 1.54) is 0 Å². The number of hydrogen-bond donors (Lipinski definition) is 3. The van der Waals surface area contributed by atoms with E-state index in [1.54, 1.807) is 24.3 Å². The van der Waals surface area contributed by atoms with Gasteiger partial charge in [-0.05, 0) is 24.6 Å². The van der Waals surface area contributed by atoms with Crippen LogP contribution in [0.25, 0.3) is 0 Å². The molecule has 1 aromatic rings. The highest BCUT2D eigenvalue weighted by molar-refractivity contribution is 5.75. The summed E-state index contributed by atoms with van der Waals surface area (Å²) >= 11 is 0. The molecule has 1 atom stereocenters. The van der Waals surface area contributed by atoms with Gasteiger partial charge >= 0.3 is 5.97 Å². The number of aliphatic hydroxyl groups excluding tert-OH is 1. The number of ether oxygens (including phenoxy) is 2. The molecule has 0 heterocycles. The van der Waals surface area contributed by atoms with Gasteiger partial charge in [0.2, 0.25) is 0 Å². The number of carbonyl (C=O) groups is 1. The molecule has 0 amide bonds. The normalized spacial score (nSPS) is 12.1. The standard InChI is InChI=1S/C14H21NO5/c1-2-20-12-5-3-11(4-6-12)13(14(17)18)15-7-9-19-10-8-16/h3-6,13,15-16H,2,7-10H2,1H3,(H,17,18). The highest BCUT2D eigenvalue weighted by atomic mass is 16.5. The molecular formula is C14H21NO5. The predicted octanol–water partition coefficient (Wildman–Crippen LogP) is 0.809. The lowest BCUT2D eigenvalue weighted by atomic mass is 10.1. The molecule has 0 aliphatic rings. The van der Waals surface area contributed by atoms with E-state index in [1.807, 2.05) is 6.92 Å². The largest absolute Gasteiger partial charge is 0.494 e. The molecule has 0 radical (unpaired) electrons. The van der Waals surface area contributed by atoms with Crippen LogP contribution in [0, 0.1) is 0 Å². The predicted molar refractivity (Wildman–Crippen MR) is 73.9 cm³/mol. The molecule has 3 N–H and O–H groups in total. The van der Waals surface area contributed by atoms with Crippen LogP contribution in [0.1, 0.15) is 18.5 Å². The molecule has 0 fully saturated rings. The van der Waals surface area contributed by atoms with Crippen LogP contribution in [-0.2, 0) is 9.53 Å². The van der Waals surface area contributed by atoms with Crippen molar-refractivity contribution in [3.05, 3.63) is 29.8 Å². The summed E-state index contributed by atoms with van der Waals surface area (Å²) in [5, 5.41) is 20.7. The molecule has 0 aromatic heterocycles. The minimum absolute atomic E-state index is 0.0404. The van der Waals surface area contributed by atoms with Crippen LogP contribution < -0.4 is 10.1 Å². The maximum Gasteiger partial charge on any atom is 0.325 e. The van der Waals surface area contributed by atoms with Crippen molar-refractivity contribution in [3.8, 4) is 5.75 Å². The lowest BCUT2D eigenvalue weighted by Gasteiger charge is -2.15. The van der Waals surface area contributed by atoms with Crippen molar-refractivity contribution < 1.29 is 24.5 Å². The van der Waals surface area contributed by atoms with Gasteiger partial charge in [0.05, 0.1) is 26.4 Å². The Morgan fingerprint density at radius 1 is 1.30 bits per heavy atom. The third-order valence-corrected chi connectivity index (χ3v) is 2.60. The van der Waals surface area contributed by atoms with Gasteiger partial charge < -0.3 is 19.7 Å². The van der Waals surface area contributed by atoms with Crippen molar-refractivity contribution in [2.75, 3.05) is 33.0 Å². The second-order valence-corrected chi connectivity index (χ2v) is 4.06. The molecule has 1 aromatic carbocycles. The maximum absolute atomic E-state index is 11.3. The monoisotopic (exact) mass is 283 g/mol. The molecule has 6 nitrogen and oxygen atoms in total. The van der Waals surface area contributed by atoms with E-state index < -0.39 is 12.0 Å². The fourth-order valence-electron chi connectivity index (χ4n) is 1.71.